The number of amides is 2. The molecule has 0 bridgehead atoms. The second-order valence-electron chi connectivity index (χ2n) is 13.7. The average molecular weight is 611 g/mol. The molecule has 3 aliphatic heterocycles. The molecule has 2 aromatic carbocycles. The maximum atomic E-state index is 14.2. The molecule has 7 nitrogen and oxygen atoms in total. The second-order valence-corrected chi connectivity index (χ2v) is 13.7. The summed E-state index contributed by atoms with van der Waals surface area (Å²) in [6, 6.07) is 17.6. The van der Waals surface area contributed by atoms with Crippen LogP contribution in [0.5, 0.6) is 5.75 Å². The fourth-order valence-corrected chi connectivity index (χ4v) is 8.33. The van der Waals surface area contributed by atoms with Gasteiger partial charge in [-0.25, -0.2) is 0 Å². The maximum Gasteiger partial charge on any atom is 0.455 e. The number of piperidine rings is 1. The Hall–Kier alpha value is -3.20. The van der Waals surface area contributed by atoms with Crippen molar-refractivity contribution in [3.05, 3.63) is 82.4 Å². The van der Waals surface area contributed by atoms with Crippen LogP contribution in [-0.2, 0) is 20.8 Å². The first-order chi connectivity index (χ1) is 21.7. The number of phenols is 1. The number of fused-ring (bicyclic) bond motifs is 3. The summed E-state index contributed by atoms with van der Waals surface area (Å²) in [6.07, 6.45) is 6.70. The van der Waals surface area contributed by atoms with Gasteiger partial charge in [-0.3, -0.25) is 19.4 Å². The highest BCUT2D eigenvalue weighted by Gasteiger charge is 2.58. The highest BCUT2D eigenvalue weighted by Crippen LogP contribution is 2.52. The van der Waals surface area contributed by atoms with Gasteiger partial charge in [-0.2, -0.15) is 0 Å². The van der Waals surface area contributed by atoms with Gasteiger partial charge in [-0.05, 0) is 85.5 Å². The standard InChI is InChI=1S/C37H47BN2O5/c1-4-25(19-27-11-8-12-29(41)20-27)13-14-33-34-30(24(2)3)21-31-35(32(34)22-38(44)45-33)37(43)40(36(31)42)28-15-17-39(18-16-28)23-26-9-6-5-7-10-26/h5-12,19-20,24,28,31-33,35,41,44H,4,13-18,21-23H2,1-3H3/b25-19+/t31-,32+,33-,35-/m1/s1. The summed E-state index contributed by atoms with van der Waals surface area (Å²) >= 11 is 0. The van der Waals surface area contributed by atoms with Crippen LogP contribution in [0.1, 0.15) is 70.4 Å². The predicted molar refractivity (Wildman–Crippen MR) is 177 cm³/mol. The minimum Gasteiger partial charge on any atom is -0.508 e. The topological polar surface area (TPSA) is 90.3 Å². The van der Waals surface area contributed by atoms with Crippen molar-refractivity contribution in [1.29, 1.82) is 0 Å². The van der Waals surface area contributed by atoms with E-state index in [4.69, 9.17) is 4.65 Å². The van der Waals surface area contributed by atoms with Gasteiger partial charge in [-0.1, -0.05) is 80.5 Å². The van der Waals surface area contributed by atoms with Crippen LogP contribution in [0.4, 0.5) is 0 Å². The van der Waals surface area contributed by atoms with E-state index in [1.54, 1.807) is 17.0 Å². The highest BCUT2D eigenvalue weighted by atomic mass is 16.5. The van der Waals surface area contributed by atoms with Crippen molar-refractivity contribution in [2.24, 2.45) is 23.7 Å². The molecule has 0 saturated carbocycles. The molecule has 6 rings (SSSR count). The Labute approximate surface area is 268 Å². The third kappa shape index (κ3) is 6.69. The van der Waals surface area contributed by atoms with E-state index in [9.17, 15) is 19.7 Å². The molecule has 1 aliphatic carbocycles. The predicted octanol–water partition coefficient (Wildman–Crippen LogP) is 6.08. The molecule has 4 atom stereocenters. The zero-order chi connectivity index (χ0) is 31.7. The first kappa shape index (κ1) is 31.8. The summed E-state index contributed by atoms with van der Waals surface area (Å²) in [4.78, 5) is 32.3. The summed E-state index contributed by atoms with van der Waals surface area (Å²) in [7, 11) is -0.964. The number of nitrogens with zero attached hydrogens (tertiary/aromatic N) is 2. The molecule has 45 heavy (non-hydrogen) atoms. The smallest absolute Gasteiger partial charge is 0.455 e. The number of benzene rings is 2. The lowest BCUT2D eigenvalue weighted by molar-refractivity contribution is -0.144. The molecule has 0 aromatic heterocycles. The zero-order valence-electron chi connectivity index (χ0n) is 26.9. The number of allylic oxidation sites excluding steroid dienone is 2. The average Bonchev–Trinajstić information content (AvgIpc) is 3.28. The van der Waals surface area contributed by atoms with Crippen molar-refractivity contribution < 1.29 is 24.4 Å². The molecule has 2 N–H and O–H groups in total. The molecule has 0 spiro atoms. The SMILES string of the molecule is CC/C(=C\c1cccc(O)c1)CC[C@H]1OB(O)C[C@H]2C1=C(C(C)C)C[C@H]1C(=O)N(C3CCN(Cc4ccccc4)CC3)C(=O)[C@H]12. The van der Waals surface area contributed by atoms with E-state index in [-0.39, 0.29) is 47.5 Å². The van der Waals surface area contributed by atoms with E-state index in [1.165, 1.54) is 16.7 Å². The number of hydrogen-bond donors (Lipinski definition) is 2. The second kappa shape index (κ2) is 13.7. The summed E-state index contributed by atoms with van der Waals surface area (Å²) in [5, 5.41) is 20.9. The van der Waals surface area contributed by atoms with Gasteiger partial charge in [0.15, 0.2) is 0 Å². The Morgan fingerprint density at radius 1 is 1.04 bits per heavy atom. The third-order valence-corrected chi connectivity index (χ3v) is 10.6. The van der Waals surface area contributed by atoms with Crippen LogP contribution in [0, 0.1) is 23.7 Å². The largest absolute Gasteiger partial charge is 0.508 e. The number of carbonyl (C=O) groups is 2. The van der Waals surface area contributed by atoms with Crippen molar-refractivity contribution >= 4 is 25.0 Å². The van der Waals surface area contributed by atoms with E-state index < -0.39 is 13.0 Å². The summed E-state index contributed by atoms with van der Waals surface area (Å²) in [5.41, 5.74) is 5.86. The molecule has 3 fully saturated rings. The van der Waals surface area contributed by atoms with Gasteiger partial charge < -0.3 is 14.8 Å². The lowest BCUT2D eigenvalue weighted by atomic mass is 9.57. The molecule has 2 aromatic rings. The monoisotopic (exact) mass is 610 g/mol. The van der Waals surface area contributed by atoms with Gasteiger partial charge in [0.2, 0.25) is 11.8 Å². The van der Waals surface area contributed by atoms with Crippen LogP contribution in [0.2, 0.25) is 6.32 Å². The quantitative estimate of drug-likeness (QED) is 0.203. The molecule has 0 radical (unpaired) electrons. The first-order valence-corrected chi connectivity index (χ1v) is 16.9. The Morgan fingerprint density at radius 2 is 1.80 bits per heavy atom. The Morgan fingerprint density at radius 3 is 2.49 bits per heavy atom. The van der Waals surface area contributed by atoms with Crippen molar-refractivity contribution in [1.82, 2.24) is 9.80 Å². The molecule has 238 valence electrons. The van der Waals surface area contributed by atoms with E-state index in [1.807, 2.05) is 18.2 Å². The van der Waals surface area contributed by atoms with Gasteiger partial charge >= 0.3 is 7.12 Å². The molecule has 8 heteroatoms. The van der Waals surface area contributed by atoms with Crippen LogP contribution in [-0.4, -0.2) is 64.1 Å². The van der Waals surface area contributed by atoms with Crippen LogP contribution >= 0.6 is 0 Å². The van der Waals surface area contributed by atoms with Crippen LogP contribution in [0.3, 0.4) is 0 Å². The fourth-order valence-electron chi connectivity index (χ4n) is 8.33. The molecule has 0 unspecified atom stereocenters. The number of likely N-dealkylation sites (tertiary alicyclic amines) is 2. The normalized spacial score (nSPS) is 26.6. The lowest BCUT2D eigenvalue weighted by Gasteiger charge is -2.44. The van der Waals surface area contributed by atoms with Crippen molar-refractivity contribution in [3.63, 3.8) is 0 Å². The van der Waals surface area contributed by atoms with Gasteiger partial charge in [0.1, 0.15) is 5.75 Å². The summed E-state index contributed by atoms with van der Waals surface area (Å²) in [5.74, 6) is -0.551. The summed E-state index contributed by atoms with van der Waals surface area (Å²) < 4.78 is 6.23. The van der Waals surface area contributed by atoms with Crippen LogP contribution < -0.4 is 0 Å². The Balaban J connectivity index is 1.19. The minimum absolute atomic E-state index is 0.0106. The van der Waals surface area contributed by atoms with Crippen LogP contribution in [0.15, 0.2) is 71.3 Å². The van der Waals surface area contributed by atoms with Crippen LogP contribution in [0.25, 0.3) is 6.08 Å². The number of imide groups is 1. The zero-order valence-corrected chi connectivity index (χ0v) is 26.9. The first-order valence-electron chi connectivity index (χ1n) is 16.9. The number of carbonyl (C=O) groups excluding carboxylic acids is 2. The van der Waals surface area contributed by atoms with E-state index >= 15 is 0 Å². The Bertz CT molecular complexity index is 1450. The van der Waals surface area contributed by atoms with Crippen molar-refractivity contribution in [2.75, 3.05) is 13.1 Å². The molecule has 2 amide bonds. The molecule has 3 heterocycles. The molecule has 3 saturated heterocycles. The van der Waals surface area contributed by atoms with Crippen molar-refractivity contribution in [3.8, 4) is 5.75 Å². The van der Waals surface area contributed by atoms with E-state index in [0.29, 0.717) is 19.2 Å². The maximum absolute atomic E-state index is 14.2. The van der Waals surface area contributed by atoms with Gasteiger partial charge in [0.25, 0.3) is 0 Å². The van der Waals surface area contributed by atoms with E-state index in [0.717, 1.165) is 56.5 Å². The van der Waals surface area contributed by atoms with Gasteiger partial charge in [0, 0.05) is 25.7 Å². The van der Waals surface area contributed by atoms with E-state index in [2.05, 4.69) is 56.0 Å². The number of phenolic OH excluding ortho intramolecular Hbond substituents is 1. The van der Waals surface area contributed by atoms with Gasteiger partial charge in [-0.15, -0.1) is 0 Å². The molecular formula is C37H47BN2O5. The third-order valence-electron chi connectivity index (χ3n) is 10.6. The van der Waals surface area contributed by atoms with Crippen molar-refractivity contribution in [2.45, 2.75) is 84.3 Å². The molecule has 4 aliphatic rings. The Kier molecular flexibility index (Phi) is 9.64. The minimum atomic E-state index is -0.964. The van der Waals surface area contributed by atoms with Gasteiger partial charge in [0.05, 0.1) is 17.9 Å². The highest BCUT2D eigenvalue weighted by molar-refractivity contribution is 6.43. The lowest BCUT2D eigenvalue weighted by Crippen LogP contribution is -2.48. The number of rotatable bonds is 9. The molecular weight excluding hydrogens is 563 g/mol. The summed E-state index contributed by atoms with van der Waals surface area (Å²) in [6.45, 7) is 9.07. The fraction of sp³-hybridized carbons (Fsp3) is 0.514. The number of hydrogen-bond acceptors (Lipinski definition) is 6. The number of aromatic hydroxyl groups is 1.